The van der Waals surface area contributed by atoms with Gasteiger partial charge in [0.05, 0.1) is 6.10 Å². The third-order valence-corrected chi connectivity index (χ3v) is 3.53. The maximum Gasteiger partial charge on any atom is 0.0800 e. The second kappa shape index (κ2) is 4.91. The molecule has 1 N–H and O–H groups in total. The Balaban J connectivity index is 1.84. The van der Waals surface area contributed by atoms with Crippen LogP contribution in [-0.4, -0.2) is 18.3 Å². The summed E-state index contributed by atoms with van der Waals surface area (Å²) in [5.41, 5.74) is 1.07. The molecule has 2 rings (SSSR count). The summed E-state index contributed by atoms with van der Waals surface area (Å²) in [4.78, 5) is 0. The van der Waals surface area contributed by atoms with E-state index >= 15 is 0 Å². The Kier molecular flexibility index (Phi) is 3.56. The molecule has 0 bridgehead atoms. The van der Waals surface area contributed by atoms with Crippen LogP contribution in [-0.2, 0) is 4.74 Å². The minimum atomic E-state index is -0.274. The number of ether oxygens (including phenoxy) is 1. The van der Waals surface area contributed by atoms with Gasteiger partial charge < -0.3 is 9.84 Å². The predicted molar refractivity (Wildman–Crippen MR) is 57.4 cm³/mol. The van der Waals surface area contributed by atoms with E-state index in [0.29, 0.717) is 5.92 Å². The second-order valence-electron chi connectivity index (χ2n) is 3.86. The highest BCUT2D eigenvalue weighted by Crippen LogP contribution is 2.28. The third kappa shape index (κ3) is 2.56. The minimum Gasteiger partial charge on any atom is -0.388 e. The first-order chi connectivity index (χ1) is 6.86. The van der Waals surface area contributed by atoms with Crippen molar-refractivity contribution in [3.8, 4) is 0 Å². The topological polar surface area (TPSA) is 29.5 Å². The summed E-state index contributed by atoms with van der Waals surface area (Å²) in [6.07, 6.45) is 2.81. The highest BCUT2D eigenvalue weighted by Gasteiger charge is 2.18. The van der Waals surface area contributed by atoms with Crippen molar-refractivity contribution in [2.45, 2.75) is 25.4 Å². The van der Waals surface area contributed by atoms with Crippen molar-refractivity contribution in [3.05, 3.63) is 22.4 Å². The van der Waals surface area contributed by atoms with Crippen LogP contribution in [0.1, 0.15) is 30.9 Å². The van der Waals surface area contributed by atoms with Crippen molar-refractivity contribution in [3.63, 3.8) is 0 Å². The summed E-state index contributed by atoms with van der Waals surface area (Å²) >= 11 is 1.65. The van der Waals surface area contributed by atoms with Crippen molar-refractivity contribution < 1.29 is 9.84 Å². The molecule has 1 aromatic heterocycles. The van der Waals surface area contributed by atoms with Gasteiger partial charge in [-0.15, -0.1) is 0 Å². The molecule has 14 heavy (non-hydrogen) atoms. The fourth-order valence-corrected chi connectivity index (χ4v) is 2.61. The molecule has 0 saturated carbocycles. The van der Waals surface area contributed by atoms with Crippen molar-refractivity contribution in [1.82, 2.24) is 0 Å². The molecule has 0 aromatic carbocycles. The largest absolute Gasteiger partial charge is 0.388 e. The molecule has 1 fully saturated rings. The van der Waals surface area contributed by atoms with E-state index in [0.717, 1.165) is 38.0 Å². The molecule has 0 spiro atoms. The van der Waals surface area contributed by atoms with Crippen molar-refractivity contribution in [1.29, 1.82) is 0 Å². The average Bonchev–Trinajstić information content (AvgIpc) is 2.72. The summed E-state index contributed by atoms with van der Waals surface area (Å²) in [7, 11) is 0. The van der Waals surface area contributed by atoms with Gasteiger partial charge in [0.15, 0.2) is 0 Å². The number of aliphatic hydroxyl groups excluding tert-OH is 1. The summed E-state index contributed by atoms with van der Waals surface area (Å²) in [5.74, 6) is 0.638. The zero-order valence-electron chi connectivity index (χ0n) is 8.19. The molecule has 78 valence electrons. The highest BCUT2D eigenvalue weighted by atomic mass is 32.1. The van der Waals surface area contributed by atoms with E-state index in [1.807, 2.05) is 16.8 Å². The van der Waals surface area contributed by atoms with E-state index in [-0.39, 0.29) is 6.10 Å². The molecule has 1 atom stereocenters. The van der Waals surface area contributed by atoms with E-state index < -0.39 is 0 Å². The van der Waals surface area contributed by atoms with E-state index in [1.54, 1.807) is 11.3 Å². The summed E-state index contributed by atoms with van der Waals surface area (Å²) < 4.78 is 5.29. The Morgan fingerprint density at radius 2 is 2.29 bits per heavy atom. The van der Waals surface area contributed by atoms with E-state index in [2.05, 4.69) is 0 Å². The smallest absolute Gasteiger partial charge is 0.0800 e. The average molecular weight is 212 g/mol. The van der Waals surface area contributed by atoms with Gasteiger partial charge in [-0.25, -0.2) is 0 Å². The van der Waals surface area contributed by atoms with Crippen LogP contribution in [0.3, 0.4) is 0 Å². The summed E-state index contributed by atoms with van der Waals surface area (Å²) in [5, 5.41) is 14.0. The Hall–Kier alpha value is -0.380. The first kappa shape index (κ1) is 10.1. The Morgan fingerprint density at radius 3 is 2.93 bits per heavy atom. The van der Waals surface area contributed by atoms with Crippen LogP contribution < -0.4 is 0 Å². The Bertz CT molecular complexity index is 252. The molecule has 0 amide bonds. The molecule has 1 aliphatic heterocycles. The van der Waals surface area contributed by atoms with Crippen LogP contribution in [0.5, 0.6) is 0 Å². The molecular weight excluding hydrogens is 196 g/mol. The highest BCUT2D eigenvalue weighted by molar-refractivity contribution is 7.07. The van der Waals surface area contributed by atoms with Gasteiger partial charge >= 0.3 is 0 Å². The molecule has 2 nitrogen and oxygen atoms in total. The summed E-state index contributed by atoms with van der Waals surface area (Å²) in [6, 6.07) is 2.01. The second-order valence-corrected chi connectivity index (χ2v) is 4.64. The van der Waals surface area contributed by atoms with Crippen molar-refractivity contribution >= 4 is 11.3 Å². The lowest BCUT2D eigenvalue weighted by Gasteiger charge is -2.23. The van der Waals surface area contributed by atoms with Crippen LogP contribution in [0, 0.1) is 5.92 Å². The normalized spacial score (nSPS) is 20.9. The third-order valence-electron chi connectivity index (χ3n) is 2.83. The first-order valence-corrected chi connectivity index (χ1v) is 6.08. The quantitative estimate of drug-likeness (QED) is 0.834. The number of aliphatic hydroxyl groups is 1. The number of thiophene rings is 1. The lowest BCUT2D eigenvalue weighted by molar-refractivity contribution is 0.0436. The van der Waals surface area contributed by atoms with Gasteiger partial charge in [-0.05, 0) is 47.6 Å². The van der Waals surface area contributed by atoms with E-state index in [4.69, 9.17) is 4.74 Å². The number of rotatable bonds is 3. The zero-order chi connectivity index (χ0) is 9.80. The molecule has 0 radical (unpaired) electrons. The van der Waals surface area contributed by atoms with E-state index in [1.165, 1.54) is 0 Å². The molecule has 0 aliphatic carbocycles. The fourth-order valence-electron chi connectivity index (χ4n) is 1.90. The lowest BCUT2D eigenvalue weighted by Crippen LogP contribution is -2.17. The van der Waals surface area contributed by atoms with Gasteiger partial charge in [0.1, 0.15) is 0 Å². The maximum absolute atomic E-state index is 9.93. The monoisotopic (exact) mass is 212 g/mol. The number of hydrogen-bond donors (Lipinski definition) is 1. The molecule has 3 heteroatoms. The molecule has 1 aliphatic rings. The SMILES string of the molecule is OC(CC1CCOCC1)c1ccsc1. The van der Waals surface area contributed by atoms with Crippen LogP contribution >= 0.6 is 11.3 Å². The van der Waals surface area contributed by atoms with Crippen LogP contribution in [0.2, 0.25) is 0 Å². The molecular formula is C11H16O2S. The predicted octanol–water partition coefficient (Wildman–Crippen LogP) is 2.60. The Morgan fingerprint density at radius 1 is 1.50 bits per heavy atom. The van der Waals surface area contributed by atoms with Gasteiger partial charge in [0.25, 0.3) is 0 Å². The van der Waals surface area contributed by atoms with E-state index in [9.17, 15) is 5.11 Å². The van der Waals surface area contributed by atoms with Gasteiger partial charge in [-0.3, -0.25) is 0 Å². The van der Waals surface area contributed by atoms with Gasteiger partial charge in [-0.2, -0.15) is 11.3 Å². The van der Waals surface area contributed by atoms with Crippen LogP contribution in [0.4, 0.5) is 0 Å². The summed E-state index contributed by atoms with van der Waals surface area (Å²) in [6.45, 7) is 1.72. The van der Waals surface area contributed by atoms with Crippen molar-refractivity contribution in [2.24, 2.45) is 5.92 Å². The van der Waals surface area contributed by atoms with Gasteiger partial charge in [0.2, 0.25) is 0 Å². The van der Waals surface area contributed by atoms with Gasteiger partial charge in [-0.1, -0.05) is 0 Å². The van der Waals surface area contributed by atoms with Gasteiger partial charge in [0, 0.05) is 13.2 Å². The van der Waals surface area contributed by atoms with Crippen LogP contribution in [0.15, 0.2) is 16.8 Å². The lowest BCUT2D eigenvalue weighted by atomic mass is 9.92. The fraction of sp³-hybridized carbons (Fsp3) is 0.636. The number of hydrogen-bond acceptors (Lipinski definition) is 3. The minimum absolute atomic E-state index is 0.274. The molecule has 1 unspecified atom stereocenters. The molecule has 1 saturated heterocycles. The Labute approximate surface area is 88.5 Å². The van der Waals surface area contributed by atoms with Crippen LogP contribution in [0.25, 0.3) is 0 Å². The zero-order valence-corrected chi connectivity index (χ0v) is 9.00. The maximum atomic E-state index is 9.93. The first-order valence-electron chi connectivity index (χ1n) is 5.14. The molecule has 2 heterocycles. The standard InChI is InChI=1S/C11H16O2S/c12-11(10-3-6-14-8-10)7-9-1-4-13-5-2-9/h3,6,8-9,11-12H,1-2,4-5,7H2. The molecule has 1 aromatic rings. The van der Waals surface area contributed by atoms with Crippen molar-refractivity contribution in [2.75, 3.05) is 13.2 Å².